The molecule has 0 bridgehead atoms. The van der Waals surface area contributed by atoms with Crippen LogP contribution in [0.4, 0.5) is 5.69 Å². The molecule has 1 fully saturated rings. The molecule has 1 saturated heterocycles. The minimum Gasteiger partial charge on any atom is -0.399 e. The smallest absolute Gasteiger partial charge is 0.244 e. The molecule has 0 spiro atoms. The first-order chi connectivity index (χ1) is 8.41. The van der Waals surface area contributed by atoms with Crippen molar-refractivity contribution in [3.63, 3.8) is 0 Å². The lowest BCUT2D eigenvalue weighted by Crippen LogP contribution is -2.41. The van der Waals surface area contributed by atoms with Crippen molar-refractivity contribution in [2.24, 2.45) is 0 Å². The van der Waals surface area contributed by atoms with Gasteiger partial charge >= 0.3 is 0 Å². The highest BCUT2D eigenvalue weighted by Crippen LogP contribution is 2.29. The number of benzene rings is 1. The third-order valence-electron chi connectivity index (χ3n) is 2.78. The van der Waals surface area contributed by atoms with Crippen molar-refractivity contribution in [1.29, 1.82) is 0 Å². The third kappa shape index (κ3) is 2.84. The Hall–Kier alpha value is -0.240. The zero-order chi connectivity index (χ0) is 13.3. The Morgan fingerprint density at radius 1 is 1.50 bits per heavy atom. The summed E-state index contributed by atoms with van der Waals surface area (Å²) in [6.45, 7) is 3.17. The highest BCUT2D eigenvalue weighted by Gasteiger charge is 2.30. The lowest BCUT2D eigenvalue weighted by molar-refractivity contribution is 0.424. The summed E-state index contributed by atoms with van der Waals surface area (Å²) in [4.78, 5) is 0.288. The maximum atomic E-state index is 12.5. The number of hydrogen-bond acceptors (Lipinski definition) is 4. The van der Waals surface area contributed by atoms with Crippen LogP contribution in [0.5, 0.6) is 0 Å². The van der Waals surface area contributed by atoms with Gasteiger partial charge in [0.05, 0.1) is 4.90 Å². The zero-order valence-corrected chi connectivity index (χ0v) is 13.2. The molecule has 1 aromatic rings. The summed E-state index contributed by atoms with van der Waals surface area (Å²) in [5, 5.41) is 0.334. The van der Waals surface area contributed by atoms with Gasteiger partial charge in [0.1, 0.15) is 0 Å². The average molecular weight is 351 g/mol. The molecule has 100 valence electrons. The molecule has 0 amide bonds. The number of nitrogen functional groups attached to an aromatic ring is 1. The van der Waals surface area contributed by atoms with E-state index < -0.39 is 10.0 Å². The highest BCUT2D eigenvalue weighted by molar-refractivity contribution is 9.10. The molecule has 7 heteroatoms. The van der Waals surface area contributed by atoms with Gasteiger partial charge in [0.15, 0.2) is 0 Å². The minimum atomic E-state index is -3.42. The second-order valence-corrected chi connectivity index (χ2v) is 8.54. The number of anilines is 1. The fourth-order valence-electron chi connectivity index (χ4n) is 1.87. The van der Waals surface area contributed by atoms with Gasteiger partial charge in [0.2, 0.25) is 10.0 Å². The molecule has 1 unspecified atom stereocenters. The van der Waals surface area contributed by atoms with Crippen molar-refractivity contribution < 1.29 is 8.42 Å². The summed E-state index contributed by atoms with van der Waals surface area (Å²) in [5.41, 5.74) is 6.17. The molecule has 1 aromatic carbocycles. The number of nitrogens with two attached hydrogens (primary N) is 1. The van der Waals surface area contributed by atoms with Crippen LogP contribution in [0, 0.1) is 0 Å². The molecule has 1 aliphatic heterocycles. The second kappa shape index (κ2) is 5.40. The van der Waals surface area contributed by atoms with E-state index in [1.165, 1.54) is 0 Å². The molecule has 1 aliphatic rings. The first-order valence-electron chi connectivity index (χ1n) is 5.58. The van der Waals surface area contributed by atoms with Gasteiger partial charge in [-0.2, -0.15) is 16.1 Å². The second-order valence-electron chi connectivity index (χ2n) is 4.23. The Kier molecular flexibility index (Phi) is 4.25. The van der Waals surface area contributed by atoms with Crippen LogP contribution in [0.15, 0.2) is 27.6 Å². The van der Waals surface area contributed by atoms with Crippen LogP contribution in [0.25, 0.3) is 0 Å². The highest BCUT2D eigenvalue weighted by atomic mass is 79.9. The van der Waals surface area contributed by atoms with Crippen molar-refractivity contribution in [3.05, 3.63) is 22.7 Å². The number of halogens is 1. The maximum absolute atomic E-state index is 12.5. The van der Waals surface area contributed by atoms with Crippen LogP contribution in [0.1, 0.15) is 6.92 Å². The predicted octanol–water partition coefficient (Wildman–Crippen LogP) is 2.16. The quantitative estimate of drug-likeness (QED) is 0.830. The molecular formula is C11H15BrN2O2S2. The van der Waals surface area contributed by atoms with E-state index in [9.17, 15) is 8.42 Å². The number of sulfonamides is 1. The van der Waals surface area contributed by atoms with E-state index in [1.807, 2.05) is 6.92 Å². The largest absolute Gasteiger partial charge is 0.399 e. The van der Waals surface area contributed by atoms with Crippen molar-refractivity contribution in [2.45, 2.75) is 17.1 Å². The first-order valence-corrected chi connectivity index (χ1v) is 8.86. The molecule has 2 rings (SSSR count). The molecule has 1 heterocycles. The third-order valence-corrected chi connectivity index (χ3v) is 6.76. The van der Waals surface area contributed by atoms with Gasteiger partial charge in [-0.3, -0.25) is 0 Å². The van der Waals surface area contributed by atoms with E-state index in [-0.39, 0.29) is 4.90 Å². The van der Waals surface area contributed by atoms with Crippen molar-refractivity contribution >= 4 is 43.4 Å². The van der Waals surface area contributed by atoms with Crippen molar-refractivity contribution in [1.82, 2.24) is 4.31 Å². The summed E-state index contributed by atoms with van der Waals surface area (Å²) >= 11 is 5.08. The SMILES string of the molecule is CC1CN(S(=O)(=O)c2ccc(N)cc2Br)CCS1. The summed E-state index contributed by atoms with van der Waals surface area (Å²) in [7, 11) is -3.42. The molecule has 0 radical (unpaired) electrons. The lowest BCUT2D eigenvalue weighted by Gasteiger charge is -2.30. The van der Waals surface area contributed by atoms with Crippen molar-refractivity contribution in [2.75, 3.05) is 24.6 Å². The van der Waals surface area contributed by atoms with Gasteiger partial charge in [-0.05, 0) is 34.1 Å². The minimum absolute atomic E-state index is 0.288. The van der Waals surface area contributed by atoms with Crippen LogP contribution in [0.3, 0.4) is 0 Å². The van der Waals surface area contributed by atoms with E-state index in [2.05, 4.69) is 15.9 Å². The molecule has 18 heavy (non-hydrogen) atoms. The molecule has 4 nitrogen and oxygen atoms in total. The van der Waals surface area contributed by atoms with Crippen LogP contribution < -0.4 is 5.73 Å². The van der Waals surface area contributed by atoms with E-state index >= 15 is 0 Å². The molecule has 1 atom stereocenters. The van der Waals surface area contributed by atoms with Crippen LogP contribution in [0.2, 0.25) is 0 Å². The van der Waals surface area contributed by atoms with Crippen LogP contribution >= 0.6 is 27.7 Å². The van der Waals surface area contributed by atoms with Crippen molar-refractivity contribution in [3.8, 4) is 0 Å². The molecule has 0 saturated carbocycles. The number of nitrogens with zero attached hydrogens (tertiary/aromatic N) is 1. The Morgan fingerprint density at radius 2 is 2.22 bits per heavy atom. The van der Waals surface area contributed by atoms with Gasteiger partial charge in [-0.25, -0.2) is 8.42 Å². The predicted molar refractivity (Wildman–Crippen MR) is 79.2 cm³/mol. The molecule has 0 aliphatic carbocycles. The standard InChI is InChI=1S/C11H15BrN2O2S2/c1-8-7-14(4-5-17-8)18(15,16)11-3-2-9(13)6-10(11)12/h2-3,6,8H,4-5,7,13H2,1H3. The van der Waals surface area contributed by atoms with Gasteiger partial charge < -0.3 is 5.73 Å². The Morgan fingerprint density at radius 3 is 2.83 bits per heavy atom. The van der Waals surface area contributed by atoms with Gasteiger partial charge in [0, 0.05) is 34.3 Å². The van der Waals surface area contributed by atoms with Crippen LogP contribution in [-0.4, -0.2) is 36.8 Å². The molecular weight excluding hydrogens is 336 g/mol. The Labute approximate surface area is 120 Å². The summed E-state index contributed by atoms with van der Waals surface area (Å²) < 4.78 is 27.1. The number of thioether (sulfide) groups is 1. The molecule has 0 aromatic heterocycles. The van der Waals surface area contributed by atoms with E-state index in [0.29, 0.717) is 28.5 Å². The van der Waals surface area contributed by atoms with E-state index in [1.54, 1.807) is 34.3 Å². The normalized spacial score (nSPS) is 22.0. The topological polar surface area (TPSA) is 63.4 Å². The van der Waals surface area contributed by atoms with E-state index in [0.717, 1.165) is 5.75 Å². The zero-order valence-electron chi connectivity index (χ0n) is 9.97. The Bertz CT molecular complexity index is 548. The maximum Gasteiger partial charge on any atom is 0.244 e. The van der Waals surface area contributed by atoms with Gasteiger partial charge in [-0.15, -0.1) is 0 Å². The summed E-state index contributed by atoms with van der Waals surface area (Å²) in [5.74, 6) is 0.840. The summed E-state index contributed by atoms with van der Waals surface area (Å²) in [6, 6.07) is 4.79. The fraction of sp³-hybridized carbons (Fsp3) is 0.455. The lowest BCUT2D eigenvalue weighted by atomic mass is 10.3. The van der Waals surface area contributed by atoms with Crippen LogP contribution in [-0.2, 0) is 10.0 Å². The Balaban J connectivity index is 2.35. The monoisotopic (exact) mass is 350 g/mol. The number of hydrogen-bond donors (Lipinski definition) is 1. The van der Waals surface area contributed by atoms with Gasteiger partial charge in [0.25, 0.3) is 0 Å². The van der Waals surface area contributed by atoms with E-state index in [4.69, 9.17) is 5.73 Å². The average Bonchev–Trinajstić information content (AvgIpc) is 2.28. The first kappa shape index (κ1) is 14.2. The summed E-state index contributed by atoms with van der Waals surface area (Å²) in [6.07, 6.45) is 0. The number of rotatable bonds is 2. The van der Waals surface area contributed by atoms with Gasteiger partial charge in [-0.1, -0.05) is 6.92 Å². The fourth-order valence-corrected chi connectivity index (χ4v) is 5.68. The molecule has 2 N–H and O–H groups in total.